The molecule has 1 amide bonds. The van der Waals surface area contributed by atoms with Crippen LogP contribution in [0.5, 0.6) is 5.75 Å². The summed E-state index contributed by atoms with van der Waals surface area (Å²) >= 11 is 0. The zero-order valence-corrected chi connectivity index (χ0v) is 21.1. The van der Waals surface area contributed by atoms with Crippen LogP contribution < -0.4 is 15.8 Å². The molecule has 4 rings (SSSR count). The minimum atomic E-state index is -0.213. The summed E-state index contributed by atoms with van der Waals surface area (Å²) in [4.78, 5) is 19.0. The van der Waals surface area contributed by atoms with E-state index in [0.29, 0.717) is 24.4 Å². The van der Waals surface area contributed by atoms with Crippen LogP contribution in [0.2, 0.25) is 0 Å². The number of para-hydroxylation sites is 1. The van der Waals surface area contributed by atoms with Crippen LogP contribution in [0.15, 0.2) is 89.9 Å². The summed E-state index contributed by atoms with van der Waals surface area (Å²) in [6, 6.07) is 27.9. The third-order valence-electron chi connectivity index (χ3n) is 7.33. The highest BCUT2D eigenvalue weighted by atomic mass is 16.5. The number of amides is 1. The van der Waals surface area contributed by atoms with Gasteiger partial charge in [-0.25, -0.2) is 0 Å². The largest absolute Gasteiger partial charge is 0.496 e. The summed E-state index contributed by atoms with van der Waals surface area (Å²) in [6.45, 7) is 1.10. The monoisotopic (exact) mass is 495 g/mol. The van der Waals surface area contributed by atoms with Gasteiger partial charge in [0.25, 0.3) is 5.91 Å². The number of hydrogen-bond donors (Lipinski definition) is 2. The van der Waals surface area contributed by atoms with Gasteiger partial charge in [-0.15, -0.1) is 4.99 Å². The first-order valence-electron chi connectivity index (χ1n) is 12.6. The Bertz CT molecular complexity index is 1250. The number of nitrogens with two attached hydrogens (primary N) is 1. The summed E-state index contributed by atoms with van der Waals surface area (Å²) in [5.41, 5.74) is 8.90. The maximum absolute atomic E-state index is 13.1. The van der Waals surface area contributed by atoms with Gasteiger partial charge in [0, 0.05) is 24.5 Å². The van der Waals surface area contributed by atoms with Gasteiger partial charge in [0.15, 0.2) is 0 Å². The molecule has 7 nitrogen and oxygen atoms in total. The standard InChI is InChI=1S/C30H33N5O2/c1-37-27-15-9-8-14-26(27)28(36)33-21-30(24-12-6-3-7-13-24)18-16-25(17-19-30)35(29(32)34-22-31)20-23-10-4-2-5-11-23/h2-15,25H,16-21H2,1H3,(H2,32,34)(H,33,36). The predicted octanol–water partition coefficient (Wildman–Crippen LogP) is 4.60. The molecule has 1 aliphatic rings. The van der Waals surface area contributed by atoms with Gasteiger partial charge in [0.1, 0.15) is 5.75 Å². The Balaban J connectivity index is 1.54. The molecular weight excluding hydrogens is 462 g/mol. The average molecular weight is 496 g/mol. The lowest BCUT2D eigenvalue weighted by molar-refractivity contribution is 0.0925. The molecule has 0 radical (unpaired) electrons. The number of nitrogens with one attached hydrogen (secondary N) is 1. The topological polar surface area (TPSA) is 104 Å². The number of nitriles is 1. The number of aliphatic imine (C=N–C) groups is 1. The lowest BCUT2D eigenvalue weighted by Crippen LogP contribution is -2.50. The fourth-order valence-corrected chi connectivity index (χ4v) is 5.30. The zero-order valence-electron chi connectivity index (χ0n) is 21.1. The van der Waals surface area contributed by atoms with Crippen molar-refractivity contribution in [3.05, 3.63) is 102 Å². The first-order chi connectivity index (χ1) is 18.1. The van der Waals surface area contributed by atoms with E-state index in [-0.39, 0.29) is 23.3 Å². The minimum absolute atomic E-state index is 0.138. The molecule has 0 atom stereocenters. The van der Waals surface area contributed by atoms with Crippen molar-refractivity contribution in [1.29, 1.82) is 5.26 Å². The number of methoxy groups -OCH3 is 1. The van der Waals surface area contributed by atoms with E-state index in [9.17, 15) is 4.79 Å². The van der Waals surface area contributed by atoms with Gasteiger partial charge in [-0.1, -0.05) is 72.8 Å². The van der Waals surface area contributed by atoms with Gasteiger partial charge in [0.05, 0.1) is 12.7 Å². The molecule has 0 saturated heterocycles. The number of hydrogen-bond acceptors (Lipinski definition) is 4. The summed E-state index contributed by atoms with van der Waals surface area (Å²) in [7, 11) is 1.57. The molecule has 0 bridgehead atoms. The van der Waals surface area contributed by atoms with Crippen LogP contribution in [0.25, 0.3) is 0 Å². The first-order valence-corrected chi connectivity index (χ1v) is 12.6. The minimum Gasteiger partial charge on any atom is -0.496 e. The number of carbonyl (C=O) groups is 1. The van der Waals surface area contributed by atoms with Crippen molar-refractivity contribution in [1.82, 2.24) is 10.2 Å². The molecule has 0 spiro atoms. The number of rotatable bonds is 8. The molecule has 7 heteroatoms. The van der Waals surface area contributed by atoms with E-state index in [0.717, 1.165) is 31.2 Å². The molecule has 3 aromatic rings. The van der Waals surface area contributed by atoms with E-state index < -0.39 is 0 Å². The number of nitrogens with zero attached hydrogens (tertiary/aromatic N) is 3. The summed E-state index contributed by atoms with van der Waals surface area (Å²) in [5.74, 6) is 0.653. The quantitative estimate of drug-likeness (QED) is 0.270. The van der Waals surface area contributed by atoms with Gasteiger partial charge in [0.2, 0.25) is 12.2 Å². The third kappa shape index (κ3) is 6.10. The van der Waals surface area contributed by atoms with E-state index in [1.165, 1.54) is 5.56 Å². The highest BCUT2D eigenvalue weighted by Crippen LogP contribution is 2.41. The molecule has 1 fully saturated rings. The summed E-state index contributed by atoms with van der Waals surface area (Å²) in [6.07, 6.45) is 5.27. The molecule has 0 aliphatic heterocycles. The smallest absolute Gasteiger partial charge is 0.255 e. The van der Waals surface area contributed by atoms with E-state index in [1.807, 2.05) is 59.6 Å². The maximum Gasteiger partial charge on any atom is 0.255 e. The van der Waals surface area contributed by atoms with Crippen LogP contribution in [0.4, 0.5) is 0 Å². The van der Waals surface area contributed by atoms with Gasteiger partial charge in [-0.05, 0) is 48.9 Å². The summed E-state index contributed by atoms with van der Waals surface area (Å²) < 4.78 is 5.39. The van der Waals surface area contributed by atoms with Gasteiger partial charge < -0.3 is 20.7 Å². The van der Waals surface area contributed by atoms with Crippen LogP contribution in [0, 0.1) is 11.5 Å². The molecular formula is C30H33N5O2. The first kappa shape index (κ1) is 25.8. The van der Waals surface area contributed by atoms with Crippen molar-refractivity contribution in [2.45, 2.75) is 43.7 Å². The van der Waals surface area contributed by atoms with Crippen LogP contribution >= 0.6 is 0 Å². The Hall–Kier alpha value is -4.31. The molecule has 0 unspecified atom stereocenters. The van der Waals surface area contributed by atoms with Crippen LogP contribution in [0.3, 0.4) is 0 Å². The second kappa shape index (κ2) is 12.1. The normalized spacial score (nSPS) is 19.5. The van der Waals surface area contributed by atoms with E-state index in [2.05, 4.69) is 34.6 Å². The van der Waals surface area contributed by atoms with Crippen LogP contribution in [-0.2, 0) is 12.0 Å². The van der Waals surface area contributed by atoms with Gasteiger partial charge >= 0.3 is 0 Å². The highest BCUT2D eigenvalue weighted by molar-refractivity contribution is 5.97. The SMILES string of the molecule is COc1ccccc1C(=O)NCC1(c2ccccc2)CCC(N(Cc2ccccc2)C(N)=NC#N)CC1. The fourth-order valence-electron chi connectivity index (χ4n) is 5.30. The van der Waals surface area contributed by atoms with Crippen molar-refractivity contribution >= 4 is 11.9 Å². The lowest BCUT2D eigenvalue weighted by atomic mass is 9.67. The second-order valence-corrected chi connectivity index (χ2v) is 9.44. The number of guanidine groups is 1. The van der Waals surface area contributed by atoms with Gasteiger partial charge in [-0.2, -0.15) is 5.26 Å². The molecule has 0 aromatic heterocycles. The van der Waals surface area contributed by atoms with Crippen LogP contribution in [0.1, 0.15) is 47.2 Å². The molecule has 190 valence electrons. The van der Waals surface area contributed by atoms with Crippen molar-refractivity contribution in [3.63, 3.8) is 0 Å². The lowest BCUT2D eigenvalue weighted by Gasteiger charge is -2.44. The molecule has 37 heavy (non-hydrogen) atoms. The molecule has 3 N–H and O–H groups in total. The maximum atomic E-state index is 13.1. The molecule has 0 heterocycles. The zero-order chi connectivity index (χ0) is 26.1. The van der Waals surface area contributed by atoms with E-state index in [1.54, 1.807) is 19.2 Å². The Morgan fingerprint density at radius 1 is 1.05 bits per heavy atom. The van der Waals surface area contributed by atoms with Crippen molar-refractivity contribution in [2.75, 3.05) is 13.7 Å². The number of ether oxygens (including phenoxy) is 1. The van der Waals surface area contributed by atoms with Crippen molar-refractivity contribution < 1.29 is 9.53 Å². The average Bonchev–Trinajstić information content (AvgIpc) is 2.96. The fraction of sp³-hybridized carbons (Fsp3) is 0.300. The third-order valence-corrected chi connectivity index (χ3v) is 7.33. The van der Waals surface area contributed by atoms with Gasteiger partial charge in [-0.3, -0.25) is 4.79 Å². The van der Waals surface area contributed by atoms with Crippen molar-refractivity contribution in [2.24, 2.45) is 10.7 Å². The Morgan fingerprint density at radius 2 is 1.68 bits per heavy atom. The highest BCUT2D eigenvalue weighted by Gasteiger charge is 2.39. The van der Waals surface area contributed by atoms with E-state index in [4.69, 9.17) is 15.7 Å². The Kier molecular flexibility index (Phi) is 8.42. The molecule has 3 aromatic carbocycles. The molecule has 1 saturated carbocycles. The number of benzene rings is 3. The predicted molar refractivity (Wildman–Crippen MR) is 145 cm³/mol. The van der Waals surface area contributed by atoms with Crippen LogP contribution in [-0.4, -0.2) is 36.5 Å². The van der Waals surface area contributed by atoms with Crippen molar-refractivity contribution in [3.8, 4) is 11.9 Å². The Morgan fingerprint density at radius 3 is 2.32 bits per heavy atom. The van der Waals surface area contributed by atoms with E-state index >= 15 is 0 Å². The summed E-state index contributed by atoms with van der Waals surface area (Å²) in [5, 5.41) is 12.3. The Labute approximate surface area is 218 Å². The number of carbonyl (C=O) groups excluding carboxylic acids is 1. The molecule has 1 aliphatic carbocycles. The second-order valence-electron chi connectivity index (χ2n) is 9.44.